The second-order valence-corrected chi connectivity index (χ2v) is 6.40. The lowest BCUT2D eigenvalue weighted by Crippen LogP contribution is -2.34. The number of amides is 2. The number of ether oxygens (including phenoxy) is 2. The van der Waals surface area contributed by atoms with Crippen LogP contribution in [0.25, 0.3) is 0 Å². The molecule has 0 unspecified atom stereocenters. The van der Waals surface area contributed by atoms with Crippen LogP contribution in [0.3, 0.4) is 0 Å². The monoisotopic (exact) mass is 381 g/mol. The van der Waals surface area contributed by atoms with Gasteiger partial charge in [0.15, 0.2) is 18.1 Å². The largest absolute Gasteiger partial charge is 0.493 e. The molecule has 0 saturated carbocycles. The van der Waals surface area contributed by atoms with E-state index in [0.717, 1.165) is 0 Å². The van der Waals surface area contributed by atoms with E-state index in [4.69, 9.17) is 14.7 Å². The van der Waals surface area contributed by atoms with Crippen LogP contribution in [0.1, 0.15) is 29.8 Å². The molecule has 28 heavy (non-hydrogen) atoms. The Kier molecular flexibility index (Phi) is 6.99. The Labute approximate surface area is 164 Å². The van der Waals surface area contributed by atoms with E-state index in [1.807, 2.05) is 13.8 Å². The molecule has 0 aliphatic heterocycles. The zero-order chi connectivity index (χ0) is 20.7. The summed E-state index contributed by atoms with van der Waals surface area (Å²) in [6.07, 6.45) is 0. The molecule has 2 rings (SSSR count). The zero-order valence-corrected chi connectivity index (χ0v) is 16.4. The van der Waals surface area contributed by atoms with Crippen molar-refractivity contribution in [1.82, 2.24) is 5.32 Å². The van der Waals surface area contributed by atoms with Gasteiger partial charge < -0.3 is 19.7 Å². The third-order valence-corrected chi connectivity index (χ3v) is 3.89. The molecule has 0 spiro atoms. The van der Waals surface area contributed by atoms with Crippen LogP contribution in [-0.2, 0) is 4.79 Å². The minimum absolute atomic E-state index is 0.0214. The fourth-order valence-electron chi connectivity index (χ4n) is 2.52. The van der Waals surface area contributed by atoms with Crippen molar-refractivity contribution in [2.45, 2.75) is 19.9 Å². The number of hydrogen-bond donors (Lipinski definition) is 1. The maximum atomic E-state index is 12.8. The molecule has 0 atom stereocenters. The van der Waals surface area contributed by atoms with Gasteiger partial charge in [0.1, 0.15) is 0 Å². The summed E-state index contributed by atoms with van der Waals surface area (Å²) < 4.78 is 10.8. The first-order chi connectivity index (χ1) is 13.3. The number of methoxy groups -OCH3 is 1. The summed E-state index contributed by atoms with van der Waals surface area (Å²) in [5.74, 6) is 0.210. The summed E-state index contributed by atoms with van der Waals surface area (Å²) in [5.41, 5.74) is 1.47. The summed E-state index contributed by atoms with van der Waals surface area (Å²) in [5, 5.41) is 11.8. The average molecular weight is 381 g/mol. The number of hydrogen-bond acceptors (Lipinski definition) is 5. The predicted molar refractivity (Wildman–Crippen MR) is 106 cm³/mol. The second kappa shape index (κ2) is 9.42. The molecule has 1 N–H and O–H groups in total. The van der Waals surface area contributed by atoms with Gasteiger partial charge in [-0.3, -0.25) is 9.59 Å². The van der Waals surface area contributed by atoms with Crippen molar-refractivity contribution in [3.05, 3.63) is 53.6 Å². The second-order valence-electron chi connectivity index (χ2n) is 6.40. The number of anilines is 1. The van der Waals surface area contributed by atoms with Crippen molar-refractivity contribution in [3.8, 4) is 17.6 Å². The Balaban J connectivity index is 2.16. The van der Waals surface area contributed by atoms with E-state index in [2.05, 4.69) is 11.4 Å². The van der Waals surface area contributed by atoms with Crippen molar-refractivity contribution in [2.24, 2.45) is 0 Å². The normalized spacial score (nSPS) is 10.1. The third-order valence-electron chi connectivity index (χ3n) is 3.89. The average Bonchev–Trinajstić information content (AvgIpc) is 2.70. The van der Waals surface area contributed by atoms with Crippen molar-refractivity contribution >= 4 is 17.5 Å². The minimum Gasteiger partial charge on any atom is -0.493 e. The standard InChI is InChI=1S/C21H23N3O4/c1-14(2)23-20(25)13-28-18-9-8-16(11-19(18)27-4)21(26)24(3)17-7-5-6-15(10-17)12-22/h5-11,14H,13H2,1-4H3,(H,23,25). The van der Waals surface area contributed by atoms with Gasteiger partial charge in [0.25, 0.3) is 11.8 Å². The maximum absolute atomic E-state index is 12.8. The van der Waals surface area contributed by atoms with Gasteiger partial charge in [-0.2, -0.15) is 5.26 Å². The van der Waals surface area contributed by atoms with E-state index in [1.165, 1.54) is 12.0 Å². The van der Waals surface area contributed by atoms with Crippen LogP contribution in [0.2, 0.25) is 0 Å². The van der Waals surface area contributed by atoms with Gasteiger partial charge >= 0.3 is 0 Å². The van der Waals surface area contributed by atoms with E-state index in [0.29, 0.717) is 28.3 Å². The Hall–Kier alpha value is -3.53. The van der Waals surface area contributed by atoms with Gasteiger partial charge in [-0.15, -0.1) is 0 Å². The first-order valence-corrected chi connectivity index (χ1v) is 8.74. The summed E-state index contributed by atoms with van der Waals surface area (Å²) >= 11 is 0. The van der Waals surface area contributed by atoms with E-state index >= 15 is 0 Å². The van der Waals surface area contributed by atoms with Gasteiger partial charge in [0.2, 0.25) is 0 Å². The third kappa shape index (κ3) is 5.24. The van der Waals surface area contributed by atoms with E-state index < -0.39 is 0 Å². The van der Waals surface area contributed by atoms with Gasteiger partial charge in [0, 0.05) is 24.3 Å². The number of nitrogens with zero attached hydrogens (tertiary/aromatic N) is 2. The smallest absolute Gasteiger partial charge is 0.258 e. The molecule has 0 bridgehead atoms. The van der Waals surface area contributed by atoms with Crippen molar-refractivity contribution in [1.29, 1.82) is 5.26 Å². The molecule has 0 aromatic heterocycles. The number of carbonyl (C=O) groups excluding carboxylic acids is 2. The zero-order valence-electron chi connectivity index (χ0n) is 16.4. The summed E-state index contributed by atoms with van der Waals surface area (Å²) in [6, 6.07) is 13.6. The van der Waals surface area contributed by atoms with Gasteiger partial charge in [0.05, 0.1) is 18.7 Å². The molecule has 0 heterocycles. The highest BCUT2D eigenvalue weighted by molar-refractivity contribution is 6.06. The first kappa shape index (κ1) is 20.8. The SMILES string of the molecule is COc1cc(C(=O)N(C)c2cccc(C#N)c2)ccc1OCC(=O)NC(C)C. The predicted octanol–water partition coefficient (Wildman–Crippen LogP) is 2.75. The fourth-order valence-corrected chi connectivity index (χ4v) is 2.52. The molecule has 0 radical (unpaired) electrons. The Morgan fingerprint density at radius 1 is 1.18 bits per heavy atom. The van der Waals surface area contributed by atoms with Crippen LogP contribution >= 0.6 is 0 Å². The number of rotatable bonds is 7. The van der Waals surface area contributed by atoms with Gasteiger partial charge in [-0.25, -0.2) is 0 Å². The topological polar surface area (TPSA) is 91.7 Å². The lowest BCUT2D eigenvalue weighted by molar-refractivity contribution is -0.123. The van der Waals surface area contributed by atoms with E-state index in [1.54, 1.807) is 49.5 Å². The van der Waals surface area contributed by atoms with Gasteiger partial charge in [-0.05, 0) is 50.2 Å². The quantitative estimate of drug-likeness (QED) is 0.796. The lowest BCUT2D eigenvalue weighted by atomic mass is 10.1. The molecule has 0 saturated heterocycles. The number of benzene rings is 2. The molecule has 0 aliphatic carbocycles. The Morgan fingerprint density at radius 2 is 1.93 bits per heavy atom. The molecule has 7 nitrogen and oxygen atoms in total. The van der Waals surface area contributed by atoms with Crippen molar-refractivity contribution in [3.63, 3.8) is 0 Å². The maximum Gasteiger partial charge on any atom is 0.258 e. The number of nitriles is 1. The van der Waals surface area contributed by atoms with Crippen molar-refractivity contribution in [2.75, 3.05) is 25.7 Å². The van der Waals surface area contributed by atoms with Crippen LogP contribution in [0, 0.1) is 11.3 Å². The van der Waals surface area contributed by atoms with Crippen LogP contribution < -0.4 is 19.7 Å². The highest BCUT2D eigenvalue weighted by Gasteiger charge is 2.17. The van der Waals surface area contributed by atoms with E-state index in [9.17, 15) is 9.59 Å². The van der Waals surface area contributed by atoms with E-state index in [-0.39, 0.29) is 24.5 Å². The summed E-state index contributed by atoms with van der Waals surface area (Å²) in [6.45, 7) is 3.58. The van der Waals surface area contributed by atoms with Crippen LogP contribution in [0.15, 0.2) is 42.5 Å². The molecule has 7 heteroatoms. The van der Waals surface area contributed by atoms with Crippen LogP contribution in [-0.4, -0.2) is 38.6 Å². The Bertz CT molecular complexity index is 903. The fraction of sp³-hybridized carbons (Fsp3) is 0.286. The van der Waals surface area contributed by atoms with Crippen LogP contribution in [0.5, 0.6) is 11.5 Å². The molecular weight excluding hydrogens is 358 g/mol. The van der Waals surface area contributed by atoms with Gasteiger partial charge in [-0.1, -0.05) is 6.07 Å². The Morgan fingerprint density at radius 3 is 2.57 bits per heavy atom. The number of nitrogens with one attached hydrogen (secondary N) is 1. The molecule has 0 aliphatic rings. The first-order valence-electron chi connectivity index (χ1n) is 8.74. The molecule has 2 aromatic rings. The molecular formula is C21H23N3O4. The van der Waals surface area contributed by atoms with Crippen molar-refractivity contribution < 1.29 is 19.1 Å². The summed E-state index contributed by atoms with van der Waals surface area (Å²) in [4.78, 5) is 26.0. The highest BCUT2D eigenvalue weighted by atomic mass is 16.5. The number of carbonyl (C=O) groups is 2. The molecule has 2 aromatic carbocycles. The van der Waals surface area contributed by atoms with Crippen LogP contribution in [0.4, 0.5) is 5.69 Å². The molecule has 146 valence electrons. The molecule has 0 fully saturated rings. The molecule has 2 amide bonds. The lowest BCUT2D eigenvalue weighted by Gasteiger charge is -2.19. The minimum atomic E-state index is -0.266. The summed E-state index contributed by atoms with van der Waals surface area (Å²) in [7, 11) is 3.09. The highest BCUT2D eigenvalue weighted by Crippen LogP contribution is 2.29.